The fourth-order valence-corrected chi connectivity index (χ4v) is 6.10. The van der Waals surface area contributed by atoms with Gasteiger partial charge >= 0.3 is 0 Å². The average molecular weight is 584 g/mol. The van der Waals surface area contributed by atoms with Crippen molar-refractivity contribution in [1.82, 2.24) is 10.2 Å². The third-order valence-electron chi connectivity index (χ3n) is 6.75. The molecule has 0 saturated carbocycles. The monoisotopic (exact) mass is 583 g/mol. The lowest BCUT2D eigenvalue weighted by atomic mass is 10.1. The summed E-state index contributed by atoms with van der Waals surface area (Å²) in [6.45, 7) is 9.38. The summed E-state index contributed by atoms with van der Waals surface area (Å²) < 4.78 is 29.2. The molecule has 9 heteroatoms. The van der Waals surface area contributed by atoms with E-state index in [-0.39, 0.29) is 17.3 Å². The molecule has 0 spiro atoms. The molecule has 0 aliphatic carbocycles. The third-order valence-corrected chi connectivity index (χ3v) is 8.90. The van der Waals surface area contributed by atoms with Gasteiger partial charge in [-0.2, -0.15) is 0 Å². The van der Waals surface area contributed by atoms with Gasteiger partial charge in [0.2, 0.25) is 11.8 Å². The summed E-state index contributed by atoms with van der Waals surface area (Å²) in [5, 5.41) is 3.35. The van der Waals surface area contributed by atoms with E-state index in [1.807, 2.05) is 52.8 Å². The molecule has 0 fully saturated rings. The summed E-state index contributed by atoms with van der Waals surface area (Å²) in [4.78, 5) is 28.9. The Kier molecular flexibility index (Phi) is 10.8. The number of amides is 2. The van der Waals surface area contributed by atoms with Crippen LogP contribution < -0.4 is 9.62 Å². The van der Waals surface area contributed by atoms with Gasteiger partial charge in [-0.3, -0.25) is 13.9 Å². The van der Waals surface area contributed by atoms with E-state index in [0.29, 0.717) is 34.8 Å². The molecular formula is C31H38ClN3O4S. The first-order valence-electron chi connectivity index (χ1n) is 13.5. The highest BCUT2D eigenvalue weighted by Crippen LogP contribution is 2.29. The van der Waals surface area contributed by atoms with Crippen molar-refractivity contribution in [2.75, 3.05) is 17.4 Å². The molecular weight excluding hydrogens is 546 g/mol. The van der Waals surface area contributed by atoms with Crippen molar-refractivity contribution in [3.8, 4) is 0 Å². The minimum atomic E-state index is -4.13. The molecule has 0 unspecified atom stereocenters. The number of nitrogens with one attached hydrogen (secondary N) is 1. The quantitative estimate of drug-likeness (QED) is 0.292. The normalized spacial score (nSPS) is 12.1. The zero-order chi connectivity index (χ0) is 29.4. The molecule has 3 aromatic carbocycles. The average Bonchev–Trinajstić information content (AvgIpc) is 2.93. The van der Waals surface area contributed by atoms with Crippen molar-refractivity contribution in [3.05, 3.63) is 94.0 Å². The van der Waals surface area contributed by atoms with Crippen LogP contribution in [-0.4, -0.2) is 44.3 Å². The Bertz CT molecular complexity index is 1440. The summed E-state index contributed by atoms with van der Waals surface area (Å²) >= 11 is 6.44. The van der Waals surface area contributed by atoms with Gasteiger partial charge in [-0.15, -0.1) is 0 Å². The number of carbonyl (C=O) groups is 2. The van der Waals surface area contributed by atoms with Gasteiger partial charge in [0.1, 0.15) is 12.6 Å². The Morgan fingerprint density at radius 1 is 0.925 bits per heavy atom. The van der Waals surface area contributed by atoms with Crippen LogP contribution in [0.15, 0.2) is 71.6 Å². The number of sulfonamides is 1. The predicted octanol–water partition coefficient (Wildman–Crippen LogP) is 5.79. The van der Waals surface area contributed by atoms with Gasteiger partial charge in [0.25, 0.3) is 10.0 Å². The second kappa shape index (κ2) is 13.8. The lowest BCUT2D eigenvalue weighted by Gasteiger charge is -2.33. The molecule has 0 saturated heterocycles. The van der Waals surface area contributed by atoms with Crippen LogP contribution in [0.3, 0.4) is 0 Å². The number of hydrogen-bond acceptors (Lipinski definition) is 4. The van der Waals surface area contributed by atoms with E-state index in [4.69, 9.17) is 11.6 Å². The fraction of sp³-hybridized carbons (Fsp3) is 0.355. The highest BCUT2D eigenvalue weighted by Gasteiger charge is 2.34. The van der Waals surface area contributed by atoms with Gasteiger partial charge in [0.15, 0.2) is 0 Å². The van der Waals surface area contributed by atoms with E-state index >= 15 is 0 Å². The second-order valence-electron chi connectivity index (χ2n) is 9.94. The Hall–Kier alpha value is -3.36. The Balaban J connectivity index is 2.11. The highest BCUT2D eigenvalue weighted by molar-refractivity contribution is 7.92. The van der Waals surface area contributed by atoms with Crippen molar-refractivity contribution >= 4 is 39.1 Å². The lowest BCUT2D eigenvalue weighted by Crippen LogP contribution is -2.52. The number of hydrogen-bond donors (Lipinski definition) is 1. The van der Waals surface area contributed by atoms with Crippen LogP contribution in [0.1, 0.15) is 48.9 Å². The molecule has 3 rings (SSSR count). The minimum Gasteiger partial charge on any atom is -0.354 e. The molecule has 2 amide bonds. The van der Waals surface area contributed by atoms with Crippen LogP contribution in [0, 0.1) is 20.8 Å². The molecule has 0 aliphatic heterocycles. The van der Waals surface area contributed by atoms with Crippen LogP contribution in [-0.2, 0) is 26.2 Å². The van der Waals surface area contributed by atoms with Crippen molar-refractivity contribution in [1.29, 1.82) is 0 Å². The van der Waals surface area contributed by atoms with Crippen LogP contribution in [0.25, 0.3) is 0 Å². The fourth-order valence-electron chi connectivity index (χ4n) is 4.43. The smallest absolute Gasteiger partial charge is 0.264 e. The van der Waals surface area contributed by atoms with E-state index in [2.05, 4.69) is 5.32 Å². The zero-order valence-electron chi connectivity index (χ0n) is 23.8. The molecule has 0 bridgehead atoms. The SMILES string of the molecule is CCCNC(=O)[C@H](CC)N(Cc1ccccc1Cl)C(=O)CN(c1cc(C)ccc1C)S(=O)(=O)c1ccc(C)cc1. The molecule has 1 N–H and O–H groups in total. The standard InChI is InChI=1S/C31H38ClN3O4S/c1-6-18-33-31(37)28(7-2)34(20-25-10-8-9-11-27(25)32)30(36)21-35(29-19-23(4)12-15-24(29)5)40(38,39)26-16-13-22(3)14-17-26/h8-17,19,28H,6-7,18,20-21H2,1-5H3,(H,33,37)/t28-/m0/s1. The first-order valence-corrected chi connectivity index (χ1v) is 15.3. The number of halogens is 1. The number of benzene rings is 3. The lowest BCUT2D eigenvalue weighted by molar-refractivity contribution is -0.140. The summed E-state index contributed by atoms with van der Waals surface area (Å²) in [7, 11) is -4.13. The summed E-state index contributed by atoms with van der Waals surface area (Å²) in [6.07, 6.45) is 1.09. The van der Waals surface area contributed by atoms with E-state index in [9.17, 15) is 18.0 Å². The van der Waals surface area contributed by atoms with Crippen molar-refractivity contribution in [3.63, 3.8) is 0 Å². The summed E-state index contributed by atoms with van der Waals surface area (Å²) in [5.41, 5.74) is 3.56. The van der Waals surface area contributed by atoms with Gasteiger partial charge in [-0.25, -0.2) is 8.42 Å². The molecule has 0 heterocycles. The largest absolute Gasteiger partial charge is 0.354 e. The van der Waals surface area contributed by atoms with Crippen molar-refractivity contribution in [2.24, 2.45) is 0 Å². The van der Waals surface area contributed by atoms with Crippen LogP contribution >= 0.6 is 11.6 Å². The Morgan fingerprint density at radius 3 is 2.20 bits per heavy atom. The number of anilines is 1. The Labute approximate surface area is 243 Å². The molecule has 1 atom stereocenters. The van der Waals surface area contributed by atoms with Crippen molar-refractivity contribution < 1.29 is 18.0 Å². The first kappa shape index (κ1) is 31.2. The van der Waals surface area contributed by atoms with Gasteiger partial charge in [-0.1, -0.05) is 73.5 Å². The zero-order valence-corrected chi connectivity index (χ0v) is 25.3. The maximum absolute atomic E-state index is 14.1. The van der Waals surface area contributed by atoms with E-state index in [1.165, 1.54) is 4.90 Å². The van der Waals surface area contributed by atoms with Gasteiger partial charge < -0.3 is 10.2 Å². The van der Waals surface area contributed by atoms with E-state index < -0.39 is 28.5 Å². The number of carbonyl (C=O) groups excluding carboxylic acids is 2. The molecule has 3 aromatic rings. The molecule has 0 aliphatic rings. The van der Waals surface area contributed by atoms with Gasteiger partial charge in [0, 0.05) is 18.1 Å². The molecule has 214 valence electrons. The highest BCUT2D eigenvalue weighted by atomic mass is 35.5. The van der Waals surface area contributed by atoms with Crippen molar-refractivity contribution in [2.45, 2.75) is 64.9 Å². The van der Waals surface area contributed by atoms with Gasteiger partial charge in [0.05, 0.1) is 10.6 Å². The van der Waals surface area contributed by atoms with E-state index in [1.54, 1.807) is 48.5 Å². The maximum atomic E-state index is 14.1. The Morgan fingerprint density at radius 2 is 1.57 bits per heavy atom. The molecule has 7 nitrogen and oxygen atoms in total. The van der Waals surface area contributed by atoms with Crippen LogP contribution in [0.2, 0.25) is 5.02 Å². The topological polar surface area (TPSA) is 86.8 Å². The number of aryl methyl sites for hydroxylation is 3. The third kappa shape index (κ3) is 7.43. The summed E-state index contributed by atoms with van der Waals surface area (Å²) in [5.74, 6) is -0.792. The molecule has 0 aromatic heterocycles. The minimum absolute atomic E-state index is 0.0573. The van der Waals surface area contributed by atoms with E-state index in [0.717, 1.165) is 21.9 Å². The number of rotatable bonds is 12. The maximum Gasteiger partial charge on any atom is 0.264 e. The first-order chi connectivity index (χ1) is 19.0. The summed E-state index contributed by atoms with van der Waals surface area (Å²) in [6, 6.07) is 18.3. The van der Waals surface area contributed by atoms with Crippen LogP contribution in [0.4, 0.5) is 5.69 Å². The number of nitrogens with zero attached hydrogens (tertiary/aromatic N) is 2. The molecule has 40 heavy (non-hydrogen) atoms. The van der Waals surface area contributed by atoms with Gasteiger partial charge in [-0.05, 0) is 74.6 Å². The molecule has 0 radical (unpaired) electrons. The predicted molar refractivity (Wildman–Crippen MR) is 161 cm³/mol. The second-order valence-corrected chi connectivity index (χ2v) is 12.2. The van der Waals surface area contributed by atoms with Crippen LogP contribution in [0.5, 0.6) is 0 Å².